The zero-order valence-electron chi connectivity index (χ0n) is 11.4. The standard InChI is InChI=1S/C13H17N3O3S/c1-16(2)20(17,18)13-4-3-12(19-13)10-15-9-11-5-7-14-8-6-11/h3-8,15H,9-10H2,1-2H3. The van der Waals surface area contributed by atoms with Gasteiger partial charge in [-0.05, 0) is 29.8 Å². The van der Waals surface area contributed by atoms with Crippen LogP contribution < -0.4 is 5.32 Å². The van der Waals surface area contributed by atoms with Crippen LogP contribution in [0.1, 0.15) is 11.3 Å². The minimum absolute atomic E-state index is 0.0387. The second-order valence-corrected chi connectivity index (χ2v) is 6.55. The van der Waals surface area contributed by atoms with E-state index in [2.05, 4.69) is 10.3 Å². The smallest absolute Gasteiger partial charge is 0.275 e. The van der Waals surface area contributed by atoms with Crippen LogP contribution in [-0.4, -0.2) is 31.8 Å². The normalized spacial score (nSPS) is 11.9. The Balaban J connectivity index is 1.94. The van der Waals surface area contributed by atoms with E-state index in [0.717, 1.165) is 9.87 Å². The molecule has 1 N–H and O–H groups in total. The van der Waals surface area contributed by atoms with E-state index in [4.69, 9.17) is 4.42 Å². The highest BCUT2D eigenvalue weighted by molar-refractivity contribution is 7.88. The Morgan fingerprint density at radius 1 is 1.15 bits per heavy atom. The van der Waals surface area contributed by atoms with Gasteiger partial charge in [0.05, 0.1) is 6.54 Å². The monoisotopic (exact) mass is 295 g/mol. The first-order valence-electron chi connectivity index (χ1n) is 6.11. The molecule has 2 rings (SSSR count). The maximum atomic E-state index is 11.8. The lowest BCUT2D eigenvalue weighted by Gasteiger charge is -2.08. The van der Waals surface area contributed by atoms with Crippen LogP contribution in [0.3, 0.4) is 0 Å². The summed E-state index contributed by atoms with van der Waals surface area (Å²) in [5, 5.41) is 3.14. The highest BCUT2D eigenvalue weighted by Crippen LogP contribution is 2.16. The van der Waals surface area contributed by atoms with E-state index in [1.54, 1.807) is 18.5 Å². The molecule has 0 saturated carbocycles. The van der Waals surface area contributed by atoms with Gasteiger partial charge >= 0.3 is 0 Å². The van der Waals surface area contributed by atoms with Crippen molar-refractivity contribution in [3.05, 3.63) is 48.0 Å². The number of hydrogen-bond donors (Lipinski definition) is 1. The number of aromatic nitrogens is 1. The van der Waals surface area contributed by atoms with Crippen molar-refractivity contribution in [2.75, 3.05) is 14.1 Å². The number of hydrogen-bond acceptors (Lipinski definition) is 5. The fourth-order valence-corrected chi connectivity index (χ4v) is 2.41. The van der Waals surface area contributed by atoms with E-state index in [1.807, 2.05) is 12.1 Å². The maximum Gasteiger partial charge on any atom is 0.275 e. The average molecular weight is 295 g/mol. The molecule has 0 aromatic carbocycles. The summed E-state index contributed by atoms with van der Waals surface area (Å²) in [7, 11) is -0.560. The molecule has 0 aliphatic rings. The van der Waals surface area contributed by atoms with Gasteiger partial charge in [-0.2, -0.15) is 0 Å². The molecule has 20 heavy (non-hydrogen) atoms. The zero-order chi connectivity index (χ0) is 14.6. The zero-order valence-corrected chi connectivity index (χ0v) is 12.2. The number of furan rings is 1. The van der Waals surface area contributed by atoms with Gasteiger partial charge in [0.25, 0.3) is 10.0 Å². The van der Waals surface area contributed by atoms with Crippen LogP contribution in [0.25, 0.3) is 0 Å². The van der Waals surface area contributed by atoms with Gasteiger partial charge < -0.3 is 9.73 Å². The third kappa shape index (κ3) is 3.44. The topological polar surface area (TPSA) is 75.4 Å². The van der Waals surface area contributed by atoms with Gasteiger partial charge in [0.15, 0.2) is 0 Å². The first kappa shape index (κ1) is 14.7. The molecular formula is C13H17N3O3S. The van der Waals surface area contributed by atoms with Crippen LogP contribution in [-0.2, 0) is 23.1 Å². The molecule has 0 bridgehead atoms. The van der Waals surface area contributed by atoms with Gasteiger partial charge in [-0.1, -0.05) is 0 Å². The van der Waals surface area contributed by atoms with Crippen LogP contribution in [0, 0.1) is 0 Å². The highest BCUT2D eigenvalue weighted by Gasteiger charge is 2.21. The SMILES string of the molecule is CN(C)S(=O)(=O)c1ccc(CNCc2ccncc2)o1. The first-order chi connectivity index (χ1) is 9.50. The quantitative estimate of drug-likeness (QED) is 0.867. The van der Waals surface area contributed by atoms with Crippen LogP contribution in [0.2, 0.25) is 0 Å². The van der Waals surface area contributed by atoms with Gasteiger partial charge in [-0.3, -0.25) is 4.98 Å². The number of nitrogens with one attached hydrogen (secondary N) is 1. The van der Waals surface area contributed by atoms with Crippen LogP contribution in [0.15, 0.2) is 46.2 Å². The summed E-state index contributed by atoms with van der Waals surface area (Å²) in [6, 6.07) is 6.96. The van der Waals surface area contributed by atoms with Crippen molar-refractivity contribution in [1.29, 1.82) is 0 Å². The molecule has 2 aromatic rings. The van der Waals surface area contributed by atoms with E-state index in [9.17, 15) is 8.42 Å². The van der Waals surface area contributed by atoms with Crippen molar-refractivity contribution in [3.63, 3.8) is 0 Å². The summed E-state index contributed by atoms with van der Waals surface area (Å²) in [6.07, 6.45) is 3.46. The lowest BCUT2D eigenvalue weighted by atomic mass is 10.3. The third-order valence-corrected chi connectivity index (χ3v) is 4.44. The minimum atomic E-state index is -3.50. The maximum absolute atomic E-state index is 11.8. The van der Waals surface area contributed by atoms with Crippen LogP contribution >= 0.6 is 0 Å². The second-order valence-electron chi connectivity index (χ2n) is 4.47. The predicted molar refractivity (Wildman–Crippen MR) is 74.4 cm³/mol. The van der Waals surface area contributed by atoms with Crippen molar-refractivity contribution >= 4 is 10.0 Å². The summed E-state index contributed by atoms with van der Waals surface area (Å²) in [6.45, 7) is 1.13. The number of rotatable bonds is 6. The molecule has 6 nitrogen and oxygen atoms in total. The average Bonchev–Trinajstić information content (AvgIpc) is 2.89. The summed E-state index contributed by atoms with van der Waals surface area (Å²) in [4.78, 5) is 3.94. The van der Waals surface area contributed by atoms with E-state index in [1.165, 1.54) is 20.2 Å². The van der Waals surface area contributed by atoms with E-state index in [0.29, 0.717) is 18.8 Å². The molecule has 2 heterocycles. The Labute approximate surface area is 118 Å². The van der Waals surface area contributed by atoms with Gasteiger partial charge in [-0.25, -0.2) is 12.7 Å². The highest BCUT2D eigenvalue weighted by atomic mass is 32.2. The van der Waals surface area contributed by atoms with Gasteiger partial charge in [0.1, 0.15) is 5.76 Å². The van der Waals surface area contributed by atoms with Crippen molar-refractivity contribution in [3.8, 4) is 0 Å². The summed E-state index contributed by atoms with van der Waals surface area (Å²) >= 11 is 0. The molecule has 0 spiro atoms. The van der Waals surface area contributed by atoms with Gasteiger partial charge in [0.2, 0.25) is 5.09 Å². The van der Waals surface area contributed by atoms with Crippen molar-refractivity contribution in [2.24, 2.45) is 0 Å². The fraction of sp³-hybridized carbons (Fsp3) is 0.308. The predicted octanol–water partition coefficient (Wildman–Crippen LogP) is 1.21. The van der Waals surface area contributed by atoms with Crippen molar-refractivity contribution < 1.29 is 12.8 Å². The molecular weight excluding hydrogens is 278 g/mol. The second kappa shape index (κ2) is 6.17. The first-order valence-corrected chi connectivity index (χ1v) is 7.55. The van der Waals surface area contributed by atoms with Crippen molar-refractivity contribution in [2.45, 2.75) is 18.2 Å². The molecule has 0 fully saturated rings. The molecule has 0 amide bonds. The summed E-state index contributed by atoms with van der Waals surface area (Å²) < 4.78 is 30.2. The van der Waals surface area contributed by atoms with E-state index < -0.39 is 10.0 Å². The summed E-state index contributed by atoms with van der Waals surface area (Å²) in [5.74, 6) is 0.583. The molecule has 0 radical (unpaired) electrons. The molecule has 0 saturated heterocycles. The molecule has 0 aliphatic heterocycles. The fourth-order valence-electron chi connectivity index (χ4n) is 1.60. The lowest BCUT2D eigenvalue weighted by Crippen LogP contribution is -2.21. The Kier molecular flexibility index (Phi) is 4.53. The Morgan fingerprint density at radius 2 is 1.85 bits per heavy atom. The number of sulfonamides is 1. The molecule has 7 heteroatoms. The van der Waals surface area contributed by atoms with E-state index in [-0.39, 0.29) is 5.09 Å². The minimum Gasteiger partial charge on any atom is -0.447 e. The molecule has 2 aromatic heterocycles. The van der Waals surface area contributed by atoms with Crippen molar-refractivity contribution in [1.82, 2.24) is 14.6 Å². The molecule has 108 valence electrons. The van der Waals surface area contributed by atoms with Crippen LogP contribution in [0.5, 0.6) is 0 Å². The summed E-state index contributed by atoms with van der Waals surface area (Å²) in [5.41, 5.74) is 1.10. The third-order valence-electron chi connectivity index (χ3n) is 2.75. The Bertz CT molecular complexity index is 651. The van der Waals surface area contributed by atoms with Crippen LogP contribution in [0.4, 0.5) is 0 Å². The number of nitrogens with zero attached hydrogens (tertiary/aromatic N) is 2. The van der Waals surface area contributed by atoms with Gasteiger partial charge in [-0.15, -0.1) is 0 Å². The molecule has 0 atom stereocenters. The Hall–Kier alpha value is -1.70. The van der Waals surface area contributed by atoms with E-state index >= 15 is 0 Å². The number of pyridine rings is 1. The molecule has 0 aliphatic carbocycles. The van der Waals surface area contributed by atoms with Gasteiger partial charge in [0, 0.05) is 33.0 Å². The Morgan fingerprint density at radius 3 is 2.50 bits per heavy atom. The largest absolute Gasteiger partial charge is 0.447 e. The lowest BCUT2D eigenvalue weighted by molar-refractivity contribution is 0.389. The molecule has 0 unspecified atom stereocenters.